The molecule has 36 heavy (non-hydrogen) atoms. The molecule has 1 fully saturated rings. The average Bonchev–Trinajstić information content (AvgIpc) is 3.12. The smallest absolute Gasteiger partial charge is 0.387 e. The van der Waals surface area contributed by atoms with Gasteiger partial charge in [0.05, 0.1) is 6.61 Å². The summed E-state index contributed by atoms with van der Waals surface area (Å²) in [5, 5.41) is 10.2. The summed E-state index contributed by atoms with van der Waals surface area (Å²) >= 11 is 0. The summed E-state index contributed by atoms with van der Waals surface area (Å²) in [4.78, 5) is 54.1. The minimum Gasteiger partial charge on any atom is -0.387 e. The fourth-order valence-corrected chi connectivity index (χ4v) is 6.39. The molecule has 10 N–H and O–H groups in total. The molecule has 2 aromatic rings. The van der Waals surface area contributed by atoms with E-state index in [0.717, 1.165) is 10.8 Å². The largest absolute Gasteiger partial charge is 0.490 e. The number of nitrogen functional groups attached to an aromatic ring is 1. The van der Waals surface area contributed by atoms with Crippen molar-refractivity contribution in [3.8, 4) is 11.8 Å². The van der Waals surface area contributed by atoms with Gasteiger partial charge in [0.15, 0.2) is 23.2 Å². The molecule has 2 aromatic heterocycles. The third-order valence-corrected chi connectivity index (χ3v) is 8.42. The number of nitrogens with one attached hydrogen (secondary N) is 1. The van der Waals surface area contributed by atoms with Crippen molar-refractivity contribution in [3.05, 3.63) is 22.4 Å². The van der Waals surface area contributed by atoms with Gasteiger partial charge in [0.1, 0.15) is 17.6 Å². The van der Waals surface area contributed by atoms with Crippen molar-refractivity contribution in [2.24, 2.45) is 5.73 Å². The van der Waals surface area contributed by atoms with Crippen LogP contribution in [0.4, 0.5) is 10.3 Å². The number of aliphatic hydroxyl groups excluding tert-OH is 1. The Hall–Kier alpha value is -2.00. The third kappa shape index (κ3) is 5.93. The lowest BCUT2D eigenvalue weighted by molar-refractivity contribution is -0.0437. The number of rotatable bonds is 8. The van der Waals surface area contributed by atoms with Crippen LogP contribution in [-0.4, -0.2) is 63.6 Å². The van der Waals surface area contributed by atoms with Crippen LogP contribution in [0.1, 0.15) is 13.2 Å². The number of aliphatic hydroxyl groups is 1. The summed E-state index contributed by atoms with van der Waals surface area (Å²) in [6, 6.07) is 0. The SMILES string of the molecule is CC#CC1(N)[C@@H](O)[C@@H](COP(=O)(O)OP(=O)(O)OP(=O)(O)O)O[C@H]1n1cc(F)c2c(=O)[nH]c(N)nc21. The molecule has 1 aliphatic heterocycles. The van der Waals surface area contributed by atoms with Gasteiger partial charge < -0.3 is 40.9 Å². The molecule has 0 saturated carbocycles. The third-order valence-electron chi connectivity index (χ3n) is 4.62. The van der Waals surface area contributed by atoms with Crippen molar-refractivity contribution >= 4 is 40.4 Å². The molecule has 0 aromatic carbocycles. The molecule has 1 aliphatic rings. The van der Waals surface area contributed by atoms with Gasteiger partial charge in [0.25, 0.3) is 5.56 Å². The number of anilines is 1. The maximum Gasteiger partial charge on any atom is 0.490 e. The fraction of sp³-hybridized carbons (Fsp3) is 0.429. The van der Waals surface area contributed by atoms with Crippen molar-refractivity contribution in [2.45, 2.75) is 30.9 Å². The number of phosphoric ester groups is 1. The fourth-order valence-electron chi connectivity index (χ4n) is 3.36. The second kappa shape index (κ2) is 9.71. The Kier molecular flexibility index (Phi) is 7.70. The van der Waals surface area contributed by atoms with Crippen LogP contribution in [0.15, 0.2) is 11.0 Å². The van der Waals surface area contributed by atoms with Crippen molar-refractivity contribution in [1.82, 2.24) is 14.5 Å². The van der Waals surface area contributed by atoms with Crippen LogP contribution in [0.25, 0.3) is 11.0 Å². The minimum atomic E-state index is -5.79. The Labute approximate surface area is 199 Å². The summed E-state index contributed by atoms with van der Waals surface area (Å²) in [6.45, 7) is 0.261. The predicted molar refractivity (Wildman–Crippen MR) is 115 cm³/mol. The van der Waals surface area contributed by atoms with Crippen molar-refractivity contribution in [1.29, 1.82) is 0 Å². The Morgan fingerprint density at radius 3 is 2.50 bits per heavy atom. The van der Waals surface area contributed by atoms with E-state index in [1.165, 1.54) is 6.92 Å². The maximum atomic E-state index is 14.5. The first-order chi connectivity index (χ1) is 16.4. The lowest BCUT2D eigenvalue weighted by atomic mass is 9.91. The van der Waals surface area contributed by atoms with Gasteiger partial charge in [-0.3, -0.25) is 18.9 Å². The number of phosphoric acid groups is 3. The van der Waals surface area contributed by atoms with E-state index in [1.807, 2.05) is 0 Å². The Balaban J connectivity index is 1.91. The summed E-state index contributed by atoms with van der Waals surface area (Å²) in [7, 11) is -17.0. The standard InChI is InChI=1S/C14H19FN5O13P3/c1-2-3-14(17)9(21)7(5-30-35(26,27)33-36(28,29)32-34(23,24)25)31-12(14)20-4-6(15)8-10(20)18-13(16)19-11(8)22/h4,7,9,12,21H,5,17H2,1H3,(H,26,27)(H,28,29)(H2,23,24,25)(H3,16,18,19,22)/t7-,9+,12-,14?/m1/s1. The molecule has 1 saturated heterocycles. The van der Waals surface area contributed by atoms with Crippen LogP contribution in [0, 0.1) is 17.7 Å². The highest BCUT2D eigenvalue weighted by atomic mass is 31.3. The zero-order chi connectivity index (χ0) is 27.3. The molecule has 18 nitrogen and oxygen atoms in total. The molecule has 3 heterocycles. The predicted octanol–water partition coefficient (Wildman–Crippen LogP) is -1.23. The number of fused-ring (bicyclic) bond motifs is 1. The molecule has 0 spiro atoms. The first-order valence-electron chi connectivity index (χ1n) is 9.29. The first-order valence-corrected chi connectivity index (χ1v) is 13.8. The van der Waals surface area contributed by atoms with Gasteiger partial charge in [0, 0.05) is 6.20 Å². The molecule has 6 atom stereocenters. The van der Waals surface area contributed by atoms with Crippen molar-refractivity contribution in [2.75, 3.05) is 12.3 Å². The number of nitrogens with two attached hydrogens (primary N) is 2. The average molecular weight is 577 g/mol. The van der Waals surface area contributed by atoms with Crippen molar-refractivity contribution in [3.63, 3.8) is 0 Å². The van der Waals surface area contributed by atoms with Gasteiger partial charge in [-0.1, -0.05) is 5.92 Å². The molecule has 3 rings (SSSR count). The summed E-state index contributed by atoms with van der Waals surface area (Å²) in [6.07, 6.45) is -4.28. The molecule has 3 unspecified atom stereocenters. The van der Waals surface area contributed by atoms with E-state index in [0.29, 0.717) is 0 Å². The van der Waals surface area contributed by atoms with Gasteiger partial charge in [-0.05, 0) is 6.92 Å². The Bertz CT molecular complexity index is 1450. The van der Waals surface area contributed by atoms with E-state index < -0.39 is 70.8 Å². The molecule has 0 radical (unpaired) electrons. The number of hydrogen-bond acceptors (Lipinski definition) is 12. The quantitative estimate of drug-likeness (QED) is 0.135. The van der Waals surface area contributed by atoms with E-state index in [4.69, 9.17) is 26.0 Å². The second-order valence-corrected chi connectivity index (χ2v) is 11.6. The van der Waals surface area contributed by atoms with E-state index >= 15 is 0 Å². The number of halogens is 1. The van der Waals surface area contributed by atoms with E-state index in [1.54, 1.807) is 0 Å². The van der Waals surface area contributed by atoms with Gasteiger partial charge in [-0.15, -0.1) is 5.92 Å². The first kappa shape index (κ1) is 28.6. The highest BCUT2D eigenvalue weighted by Crippen LogP contribution is 2.66. The van der Waals surface area contributed by atoms with Crippen molar-refractivity contribution < 1.29 is 60.6 Å². The van der Waals surface area contributed by atoms with E-state index in [-0.39, 0.29) is 11.6 Å². The number of nitrogens with zero attached hydrogens (tertiary/aromatic N) is 2. The number of ether oxygens (including phenoxy) is 1. The molecule has 22 heteroatoms. The minimum absolute atomic E-state index is 0.341. The molecule has 0 amide bonds. The van der Waals surface area contributed by atoms with Crippen LogP contribution < -0.4 is 17.0 Å². The Morgan fingerprint density at radius 1 is 1.28 bits per heavy atom. The van der Waals surface area contributed by atoms with E-state index in [2.05, 4.69) is 35.0 Å². The molecule has 0 bridgehead atoms. The summed E-state index contributed by atoms with van der Waals surface area (Å²) < 4.78 is 66.8. The number of aromatic nitrogens is 3. The van der Waals surface area contributed by atoms with Crippen LogP contribution in [0.2, 0.25) is 0 Å². The maximum absolute atomic E-state index is 14.5. The summed E-state index contributed by atoms with van der Waals surface area (Å²) in [5.74, 6) is 3.46. The van der Waals surface area contributed by atoms with Crippen LogP contribution in [0.5, 0.6) is 0 Å². The van der Waals surface area contributed by atoms with Gasteiger partial charge in [-0.2, -0.15) is 13.6 Å². The molecular formula is C14H19FN5O13P3. The molecule has 0 aliphatic carbocycles. The van der Waals surface area contributed by atoms with E-state index in [9.17, 15) is 37.8 Å². The second-order valence-electron chi connectivity index (χ2n) is 7.20. The van der Waals surface area contributed by atoms with Gasteiger partial charge in [-0.25, -0.2) is 18.1 Å². The topological polar surface area (TPSA) is 292 Å². The van der Waals surface area contributed by atoms with Gasteiger partial charge in [0.2, 0.25) is 5.95 Å². The lowest BCUT2D eigenvalue weighted by Gasteiger charge is -2.28. The number of hydrogen-bond donors (Lipinski definition) is 8. The Morgan fingerprint density at radius 2 is 1.92 bits per heavy atom. The number of aromatic amines is 1. The highest BCUT2D eigenvalue weighted by Gasteiger charge is 2.55. The zero-order valence-corrected chi connectivity index (χ0v) is 20.5. The highest BCUT2D eigenvalue weighted by molar-refractivity contribution is 7.66. The lowest BCUT2D eigenvalue weighted by Crippen LogP contribution is -2.53. The molecule has 200 valence electrons. The summed E-state index contributed by atoms with van der Waals surface area (Å²) in [5.41, 5.74) is 8.41. The number of H-pyrrole nitrogens is 1. The molecular weight excluding hydrogens is 558 g/mol. The monoisotopic (exact) mass is 577 g/mol. The van der Waals surface area contributed by atoms with Gasteiger partial charge >= 0.3 is 23.5 Å². The normalized spacial score (nSPS) is 27.8. The van der Waals surface area contributed by atoms with Crippen LogP contribution >= 0.6 is 23.5 Å². The van der Waals surface area contributed by atoms with Crippen LogP contribution in [0.3, 0.4) is 0 Å². The van der Waals surface area contributed by atoms with Crippen LogP contribution in [-0.2, 0) is 31.6 Å². The zero-order valence-electron chi connectivity index (χ0n) is 17.8.